The molecule has 24 heavy (non-hydrogen) atoms. The summed E-state index contributed by atoms with van der Waals surface area (Å²) in [6.45, 7) is 0.415. The van der Waals surface area contributed by atoms with Gasteiger partial charge in [-0.15, -0.1) is 0 Å². The Bertz CT molecular complexity index is 725. The fraction of sp³-hybridized carbons (Fsp3) is 0.312. The molecule has 1 aliphatic rings. The number of aliphatic imine (C=N–C) groups is 1. The summed E-state index contributed by atoms with van der Waals surface area (Å²) in [6.07, 6.45) is 0.609. The number of rotatable bonds is 5. The predicted octanol–water partition coefficient (Wildman–Crippen LogP) is 0.674. The third-order valence-corrected chi connectivity index (χ3v) is 3.46. The Labute approximate surface area is 139 Å². The van der Waals surface area contributed by atoms with Gasteiger partial charge in [0.2, 0.25) is 11.6 Å². The molecule has 0 saturated carbocycles. The Morgan fingerprint density at radius 2 is 1.96 bits per heavy atom. The topological polar surface area (TPSA) is 105 Å². The maximum absolute atomic E-state index is 12.4. The van der Waals surface area contributed by atoms with Gasteiger partial charge in [-0.25, -0.2) is 9.59 Å². The Hall–Kier alpha value is -2.87. The number of urea groups is 1. The van der Waals surface area contributed by atoms with Gasteiger partial charge in [0.05, 0.1) is 7.05 Å². The first-order valence-corrected chi connectivity index (χ1v) is 7.37. The lowest BCUT2D eigenvalue weighted by Gasteiger charge is -2.20. The molecule has 0 unspecified atom stereocenters. The van der Waals surface area contributed by atoms with Gasteiger partial charge in [0, 0.05) is 20.1 Å². The van der Waals surface area contributed by atoms with E-state index < -0.39 is 17.8 Å². The van der Waals surface area contributed by atoms with Crippen LogP contribution in [0.5, 0.6) is 0 Å². The number of para-hydroxylation sites is 1. The highest BCUT2D eigenvalue weighted by atomic mass is 16.5. The number of amidine groups is 1. The van der Waals surface area contributed by atoms with Crippen LogP contribution in [0.25, 0.3) is 0 Å². The molecule has 0 fully saturated rings. The van der Waals surface area contributed by atoms with Crippen molar-refractivity contribution in [1.82, 2.24) is 4.90 Å². The minimum Gasteiger partial charge on any atom is -0.385 e. The summed E-state index contributed by atoms with van der Waals surface area (Å²) >= 11 is 0. The third-order valence-electron chi connectivity index (χ3n) is 3.46. The molecule has 8 nitrogen and oxygen atoms in total. The minimum atomic E-state index is -0.704. The van der Waals surface area contributed by atoms with Crippen molar-refractivity contribution in [2.75, 3.05) is 20.8 Å². The number of imide groups is 1. The molecule has 0 atom stereocenters. The van der Waals surface area contributed by atoms with Crippen molar-refractivity contribution in [3.05, 3.63) is 30.3 Å². The molecule has 2 rings (SSSR count). The molecule has 4 amide bonds. The van der Waals surface area contributed by atoms with Crippen LogP contribution < -0.4 is 5.73 Å². The molecule has 1 aromatic rings. The normalized spacial score (nSPS) is 16.9. The molecular formula is C16H19N4O4+. The second kappa shape index (κ2) is 7.60. The van der Waals surface area contributed by atoms with Crippen molar-refractivity contribution in [2.45, 2.75) is 12.8 Å². The lowest BCUT2D eigenvalue weighted by Crippen LogP contribution is -2.55. The van der Waals surface area contributed by atoms with Crippen molar-refractivity contribution in [1.29, 1.82) is 0 Å². The molecule has 0 radical (unpaired) electrons. The van der Waals surface area contributed by atoms with Gasteiger partial charge in [-0.2, -0.15) is 14.5 Å². The van der Waals surface area contributed by atoms with Crippen LogP contribution in [-0.4, -0.2) is 59.6 Å². The van der Waals surface area contributed by atoms with Crippen molar-refractivity contribution >= 4 is 35.1 Å². The Morgan fingerprint density at radius 3 is 2.58 bits per heavy atom. The summed E-state index contributed by atoms with van der Waals surface area (Å²) < 4.78 is 6.03. The van der Waals surface area contributed by atoms with Gasteiger partial charge < -0.3 is 10.5 Å². The molecule has 0 aromatic heterocycles. The fourth-order valence-corrected chi connectivity index (χ4v) is 2.19. The zero-order valence-electron chi connectivity index (χ0n) is 13.6. The van der Waals surface area contributed by atoms with E-state index in [4.69, 9.17) is 10.5 Å². The number of nitrogens with zero attached hydrogens (tertiary/aromatic N) is 3. The first-order chi connectivity index (χ1) is 11.5. The molecule has 0 bridgehead atoms. The predicted molar refractivity (Wildman–Crippen MR) is 87.3 cm³/mol. The highest BCUT2D eigenvalue weighted by Gasteiger charge is 2.42. The average molecular weight is 331 g/mol. The van der Waals surface area contributed by atoms with Crippen molar-refractivity contribution in [2.24, 2.45) is 10.7 Å². The monoisotopic (exact) mass is 331 g/mol. The third kappa shape index (κ3) is 3.54. The van der Waals surface area contributed by atoms with Crippen LogP contribution in [0.4, 0.5) is 10.5 Å². The second-order valence-corrected chi connectivity index (χ2v) is 5.15. The van der Waals surface area contributed by atoms with Crippen LogP contribution in [0.1, 0.15) is 12.8 Å². The van der Waals surface area contributed by atoms with E-state index in [0.717, 1.165) is 9.48 Å². The number of carbonyl (C=O) groups is 3. The van der Waals surface area contributed by atoms with E-state index in [9.17, 15) is 14.4 Å². The van der Waals surface area contributed by atoms with E-state index in [-0.39, 0.29) is 18.0 Å². The maximum atomic E-state index is 12.4. The van der Waals surface area contributed by atoms with E-state index in [2.05, 4.69) is 4.99 Å². The number of carbonyl (C=O) groups excluding carboxylic acids is 3. The van der Waals surface area contributed by atoms with E-state index in [1.165, 1.54) is 14.2 Å². The highest BCUT2D eigenvalue weighted by molar-refractivity contribution is 6.67. The standard InChI is InChI=1S/C16H18N4O4/c1-19-15(22)13(18-12(21)9-6-10-24-2)14(17)20(16(19)23)11-7-4-3-5-8-11/h3-5,7-8,17H,6,9-10H2,1-2H3/p+1. The molecule has 1 aromatic carbocycles. The van der Waals surface area contributed by atoms with Crippen LogP contribution in [0.15, 0.2) is 35.3 Å². The first-order valence-electron chi connectivity index (χ1n) is 7.37. The summed E-state index contributed by atoms with van der Waals surface area (Å²) in [7, 11) is 2.85. The number of nitrogens with two attached hydrogens (primary N) is 1. The van der Waals surface area contributed by atoms with Gasteiger partial charge in [0.25, 0.3) is 5.84 Å². The van der Waals surface area contributed by atoms with Gasteiger partial charge >= 0.3 is 11.9 Å². The molecule has 0 saturated heterocycles. The van der Waals surface area contributed by atoms with Gasteiger partial charge in [-0.1, -0.05) is 18.2 Å². The van der Waals surface area contributed by atoms with Crippen molar-refractivity contribution in [3.63, 3.8) is 0 Å². The van der Waals surface area contributed by atoms with Crippen molar-refractivity contribution in [3.8, 4) is 0 Å². The second-order valence-electron chi connectivity index (χ2n) is 5.15. The molecule has 8 heteroatoms. The molecular weight excluding hydrogens is 312 g/mol. The molecule has 2 N–H and O–H groups in total. The quantitative estimate of drug-likeness (QED) is 0.631. The van der Waals surface area contributed by atoms with Gasteiger partial charge in [0.15, 0.2) is 0 Å². The highest BCUT2D eigenvalue weighted by Crippen LogP contribution is 2.16. The van der Waals surface area contributed by atoms with Crippen LogP contribution in [0.3, 0.4) is 0 Å². The number of amides is 4. The minimum absolute atomic E-state index is 0.126. The maximum Gasteiger partial charge on any atom is 0.451 e. The Morgan fingerprint density at radius 1 is 1.29 bits per heavy atom. The Balaban J connectivity index is 2.42. The zero-order chi connectivity index (χ0) is 17.7. The number of hydrogen-bond donors (Lipinski definition) is 1. The van der Waals surface area contributed by atoms with E-state index in [1.54, 1.807) is 30.3 Å². The zero-order valence-corrected chi connectivity index (χ0v) is 13.6. The number of methoxy groups -OCH3 is 1. The SMILES string of the molecule is COCCCC(=O)N=C1C(=O)N(C)C(=O)[N+](c2ccccc2)=C1N. The first kappa shape index (κ1) is 17.5. The number of ether oxygens (including phenoxy) is 1. The summed E-state index contributed by atoms with van der Waals surface area (Å²) in [6, 6.07) is 8.00. The lowest BCUT2D eigenvalue weighted by atomic mass is 10.2. The molecule has 0 spiro atoms. The lowest BCUT2D eigenvalue weighted by molar-refractivity contribution is -0.342. The van der Waals surface area contributed by atoms with Gasteiger partial charge in [-0.05, 0) is 18.6 Å². The Kier molecular flexibility index (Phi) is 5.54. The average Bonchev–Trinajstić information content (AvgIpc) is 2.58. The number of hydrogen-bond acceptors (Lipinski definition) is 5. The van der Waals surface area contributed by atoms with E-state index in [1.807, 2.05) is 0 Å². The summed E-state index contributed by atoms with van der Waals surface area (Å²) in [5.41, 5.74) is 6.22. The molecule has 1 aliphatic heterocycles. The van der Waals surface area contributed by atoms with Crippen LogP contribution in [-0.2, 0) is 14.3 Å². The summed E-state index contributed by atoms with van der Waals surface area (Å²) in [4.78, 5) is 41.2. The molecule has 0 aliphatic carbocycles. The van der Waals surface area contributed by atoms with Gasteiger partial charge in [0.1, 0.15) is 5.69 Å². The van der Waals surface area contributed by atoms with E-state index in [0.29, 0.717) is 18.7 Å². The van der Waals surface area contributed by atoms with Crippen LogP contribution >= 0.6 is 0 Å². The van der Waals surface area contributed by atoms with Crippen LogP contribution in [0.2, 0.25) is 0 Å². The largest absolute Gasteiger partial charge is 0.451 e. The van der Waals surface area contributed by atoms with Crippen molar-refractivity contribution < 1.29 is 23.7 Å². The van der Waals surface area contributed by atoms with Crippen LogP contribution in [0, 0.1) is 0 Å². The molecule has 126 valence electrons. The molecule has 1 heterocycles. The van der Waals surface area contributed by atoms with Gasteiger partial charge in [-0.3, -0.25) is 4.79 Å². The summed E-state index contributed by atoms with van der Waals surface area (Å²) in [5.74, 6) is -1.35. The fourth-order valence-electron chi connectivity index (χ4n) is 2.19. The number of benzene rings is 1. The van der Waals surface area contributed by atoms with E-state index >= 15 is 0 Å². The summed E-state index contributed by atoms with van der Waals surface area (Å²) in [5, 5.41) is 0. The smallest absolute Gasteiger partial charge is 0.385 e.